The van der Waals surface area contributed by atoms with Crippen molar-refractivity contribution in [2.24, 2.45) is 5.41 Å². The highest BCUT2D eigenvalue weighted by Gasteiger charge is 2.25. The lowest BCUT2D eigenvalue weighted by molar-refractivity contribution is -0.123. The summed E-state index contributed by atoms with van der Waals surface area (Å²) in [6.45, 7) is 8.15. The van der Waals surface area contributed by atoms with Crippen LogP contribution in [0.4, 0.5) is 5.69 Å². The Labute approximate surface area is 185 Å². The first kappa shape index (κ1) is 22.8. The van der Waals surface area contributed by atoms with E-state index >= 15 is 0 Å². The number of anilines is 1. The Bertz CT molecular complexity index is 897. The van der Waals surface area contributed by atoms with Gasteiger partial charge in [0.05, 0.1) is 13.2 Å². The molecule has 0 unspecified atom stereocenters. The van der Waals surface area contributed by atoms with Crippen LogP contribution in [0.1, 0.15) is 55.6 Å². The number of nitrogens with one attached hydrogen (secondary N) is 2. The molecule has 1 fully saturated rings. The lowest BCUT2D eigenvalue weighted by atomic mass is 9.95. The molecule has 0 radical (unpaired) electrons. The molecule has 166 valence electrons. The highest BCUT2D eigenvalue weighted by Crippen LogP contribution is 2.26. The summed E-state index contributed by atoms with van der Waals surface area (Å²) in [6, 6.07) is 15.2. The number of nitrogens with zero attached hydrogens (tertiary/aromatic N) is 1. The summed E-state index contributed by atoms with van der Waals surface area (Å²) in [7, 11) is 1.66. The van der Waals surface area contributed by atoms with E-state index in [0.717, 1.165) is 24.4 Å². The average Bonchev–Trinajstić information content (AvgIpc) is 3.28. The Morgan fingerprint density at radius 2 is 1.74 bits per heavy atom. The third-order valence-electron chi connectivity index (χ3n) is 5.60. The number of benzene rings is 2. The SMILES string of the molecule is COc1ccc([C@@H](CNC(=O)c2cccc(NC(=O)C(C)(C)C)c2)N2CCCC2)cc1. The van der Waals surface area contributed by atoms with E-state index in [4.69, 9.17) is 4.74 Å². The number of hydrogen-bond acceptors (Lipinski definition) is 4. The molecule has 6 nitrogen and oxygen atoms in total. The second kappa shape index (κ2) is 9.96. The van der Waals surface area contributed by atoms with Crippen LogP contribution in [0.25, 0.3) is 0 Å². The molecule has 0 bridgehead atoms. The van der Waals surface area contributed by atoms with Crippen LogP contribution in [-0.2, 0) is 4.79 Å². The lowest BCUT2D eigenvalue weighted by Crippen LogP contribution is -2.36. The van der Waals surface area contributed by atoms with Crippen LogP contribution in [0.2, 0.25) is 0 Å². The maximum Gasteiger partial charge on any atom is 0.251 e. The van der Waals surface area contributed by atoms with Gasteiger partial charge >= 0.3 is 0 Å². The Kier molecular flexibility index (Phi) is 7.33. The lowest BCUT2D eigenvalue weighted by Gasteiger charge is -2.28. The zero-order valence-corrected chi connectivity index (χ0v) is 18.9. The molecule has 31 heavy (non-hydrogen) atoms. The molecule has 6 heteroatoms. The van der Waals surface area contributed by atoms with Crippen molar-refractivity contribution >= 4 is 17.5 Å². The number of carbonyl (C=O) groups excluding carboxylic acids is 2. The van der Waals surface area contributed by atoms with E-state index in [2.05, 4.69) is 27.7 Å². The van der Waals surface area contributed by atoms with Gasteiger partial charge in [-0.1, -0.05) is 39.0 Å². The third-order valence-corrected chi connectivity index (χ3v) is 5.60. The number of carbonyl (C=O) groups is 2. The van der Waals surface area contributed by atoms with Crippen LogP contribution in [0.15, 0.2) is 48.5 Å². The van der Waals surface area contributed by atoms with Gasteiger partial charge in [-0.15, -0.1) is 0 Å². The largest absolute Gasteiger partial charge is 0.497 e. The molecule has 1 heterocycles. The Balaban J connectivity index is 1.69. The van der Waals surface area contributed by atoms with Crippen molar-refractivity contribution < 1.29 is 14.3 Å². The normalized spacial score (nSPS) is 15.4. The zero-order valence-electron chi connectivity index (χ0n) is 18.9. The van der Waals surface area contributed by atoms with E-state index in [1.165, 1.54) is 12.8 Å². The summed E-state index contributed by atoms with van der Waals surface area (Å²) in [4.78, 5) is 27.5. The van der Waals surface area contributed by atoms with Crippen LogP contribution in [0, 0.1) is 5.41 Å². The number of rotatable bonds is 7. The quantitative estimate of drug-likeness (QED) is 0.699. The van der Waals surface area contributed by atoms with Gasteiger partial charge in [0.25, 0.3) is 5.91 Å². The number of likely N-dealkylation sites (tertiary alicyclic amines) is 1. The molecular weight excluding hydrogens is 390 g/mol. The van der Waals surface area contributed by atoms with Crippen LogP contribution < -0.4 is 15.4 Å². The van der Waals surface area contributed by atoms with E-state index in [9.17, 15) is 9.59 Å². The molecule has 1 atom stereocenters. The van der Waals surface area contributed by atoms with Crippen LogP contribution in [0.5, 0.6) is 5.75 Å². The van der Waals surface area contributed by atoms with Gasteiger partial charge in [0.2, 0.25) is 5.91 Å². The van der Waals surface area contributed by atoms with Crippen LogP contribution in [-0.4, -0.2) is 43.5 Å². The zero-order chi connectivity index (χ0) is 22.4. The fourth-order valence-electron chi connectivity index (χ4n) is 3.69. The molecule has 2 N–H and O–H groups in total. The summed E-state index contributed by atoms with van der Waals surface area (Å²) in [5.74, 6) is 0.588. The Hall–Kier alpha value is -2.86. The smallest absolute Gasteiger partial charge is 0.251 e. The number of ether oxygens (including phenoxy) is 1. The highest BCUT2D eigenvalue weighted by molar-refractivity contribution is 5.98. The molecule has 2 aromatic carbocycles. The average molecular weight is 424 g/mol. The minimum atomic E-state index is -0.500. The maximum absolute atomic E-state index is 12.9. The van der Waals surface area contributed by atoms with Gasteiger partial charge in [-0.3, -0.25) is 14.5 Å². The Morgan fingerprint density at radius 1 is 1.06 bits per heavy atom. The number of hydrogen-bond donors (Lipinski definition) is 2. The fraction of sp³-hybridized carbons (Fsp3) is 0.440. The van der Waals surface area contributed by atoms with Crippen molar-refractivity contribution in [3.63, 3.8) is 0 Å². The summed E-state index contributed by atoms with van der Waals surface area (Å²) in [5.41, 5.74) is 1.81. The van der Waals surface area contributed by atoms with Gasteiger partial charge in [0, 0.05) is 23.2 Å². The first-order chi connectivity index (χ1) is 14.8. The van der Waals surface area contributed by atoms with E-state index in [1.807, 2.05) is 32.9 Å². The minimum absolute atomic E-state index is 0.0846. The third kappa shape index (κ3) is 6.07. The molecule has 2 amide bonds. The first-order valence-electron chi connectivity index (χ1n) is 10.9. The number of amides is 2. The Morgan fingerprint density at radius 3 is 2.35 bits per heavy atom. The molecule has 1 aliphatic rings. The summed E-state index contributed by atoms with van der Waals surface area (Å²) in [6.07, 6.45) is 2.35. The molecular formula is C25H33N3O3. The van der Waals surface area contributed by atoms with Crippen molar-refractivity contribution in [2.75, 3.05) is 32.1 Å². The van der Waals surface area contributed by atoms with E-state index in [-0.39, 0.29) is 17.9 Å². The fourth-order valence-corrected chi connectivity index (χ4v) is 3.69. The van der Waals surface area contributed by atoms with Gasteiger partial charge in [-0.25, -0.2) is 0 Å². The molecule has 0 saturated carbocycles. The van der Waals surface area contributed by atoms with Gasteiger partial charge in [0.15, 0.2) is 0 Å². The van der Waals surface area contributed by atoms with Gasteiger partial charge < -0.3 is 15.4 Å². The molecule has 0 aromatic heterocycles. The van der Waals surface area contributed by atoms with Crippen molar-refractivity contribution in [1.29, 1.82) is 0 Å². The summed E-state index contributed by atoms with van der Waals surface area (Å²) >= 11 is 0. The molecule has 2 aromatic rings. The van der Waals surface area contributed by atoms with E-state index < -0.39 is 5.41 Å². The van der Waals surface area contributed by atoms with Crippen molar-refractivity contribution in [2.45, 2.75) is 39.7 Å². The van der Waals surface area contributed by atoms with Crippen LogP contribution >= 0.6 is 0 Å². The number of methoxy groups -OCH3 is 1. The topological polar surface area (TPSA) is 70.7 Å². The van der Waals surface area contributed by atoms with E-state index in [1.54, 1.807) is 31.4 Å². The van der Waals surface area contributed by atoms with Gasteiger partial charge in [-0.2, -0.15) is 0 Å². The second-order valence-corrected chi connectivity index (χ2v) is 9.03. The van der Waals surface area contributed by atoms with Gasteiger partial charge in [-0.05, 0) is 61.8 Å². The maximum atomic E-state index is 12.9. The predicted octanol–water partition coefficient (Wildman–Crippen LogP) is 4.25. The molecule has 3 rings (SSSR count). The van der Waals surface area contributed by atoms with Crippen molar-refractivity contribution in [3.8, 4) is 5.75 Å². The molecule has 0 aliphatic carbocycles. The van der Waals surface area contributed by atoms with E-state index in [0.29, 0.717) is 17.8 Å². The minimum Gasteiger partial charge on any atom is -0.497 e. The van der Waals surface area contributed by atoms with Crippen LogP contribution in [0.3, 0.4) is 0 Å². The standard InChI is InChI=1S/C25H33N3O3/c1-25(2,3)24(30)27-20-9-7-8-19(16-20)23(29)26-17-22(28-14-5-6-15-28)18-10-12-21(31-4)13-11-18/h7-13,16,22H,5-6,14-15,17H2,1-4H3,(H,26,29)(H,27,30)/t22-/m1/s1. The molecule has 1 aliphatic heterocycles. The van der Waals surface area contributed by atoms with Crippen molar-refractivity contribution in [3.05, 3.63) is 59.7 Å². The summed E-state index contributed by atoms with van der Waals surface area (Å²) < 4.78 is 5.28. The molecule has 1 saturated heterocycles. The predicted molar refractivity (Wildman–Crippen MR) is 123 cm³/mol. The highest BCUT2D eigenvalue weighted by atomic mass is 16.5. The molecule has 0 spiro atoms. The summed E-state index contributed by atoms with van der Waals surface area (Å²) in [5, 5.41) is 5.97. The van der Waals surface area contributed by atoms with Gasteiger partial charge in [0.1, 0.15) is 5.75 Å². The van der Waals surface area contributed by atoms with Crippen molar-refractivity contribution in [1.82, 2.24) is 10.2 Å². The first-order valence-corrected chi connectivity index (χ1v) is 10.9. The monoisotopic (exact) mass is 423 g/mol. The second-order valence-electron chi connectivity index (χ2n) is 9.03.